The van der Waals surface area contributed by atoms with E-state index in [0.717, 1.165) is 22.6 Å². The molecule has 2 aromatic carbocycles. The quantitative estimate of drug-likeness (QED) is 0.896. The van der Waals surface area contributed by atoms with Crippen LogP contribution in [0.3, 0.4) is 0 Å². The van der Waals surface area contributed by atoms with Crippen molar-refractivity contribution in [1.29, 1.82) is 0 Å². The highest BCUT2D eigenvalue weighted by Crippen LogP contribution is 2.29. The molecule has 2 atom stereocenters. The molecule has 0 aliphatic carbocycles. The van der Waals surface area contributed by atoms with E-state index in [1.807, 2.05) is 66.4 Å². The van der Waals surface area contributed by atoms with E-state index in [-0.39, 0.29) is 17.9 Å². The number of anilines is 1. The molecule has 1 amide bonds. The Morgan fingerprint density at radius 1 is 1.19 bits per heavy atom. The molecule has 0 unspecified atom stereocenters. The van der Waals surface area contributed by atoms with Crippen LogP contribution in [0.5, 0.6) is 5.75 Å². The van der Waals surface area contributed by atoms with Crippen molar-refractivity contribution >= 4 is 11.6 Å². The minimum atomic E-state index is -0.0535. The smallest absolute Gasteiger partial charge is 0.227 e. The Hall–Kier alpha value is -2.53. The molecular formula is C21H27N3O2. The maximum absolute atomic E-state index is 12.7. The average Bonchev–Trinajstić information content (AvgIpc) is 3.04. The molecule has 2 aromatic rings. The van der Waals surface area contributed by atoms with Crippen molar-refractivity contribution in [3.05, 3.63) is 59.7 Å². The van der Waals surface area contributed by atoms with E-state index >= 15 is 0 Å². The van der Waals surface area contributed by atoms with Gasteiger partial charge in [-0.25, -0.2) is 0 Å². The summed E-state index contributed by atoms with van der Waals surface area (Å²) in [7, 11) is 5.67. The van der Waals surface area contributed by atoms with E-state index in [1.54, 1.807) is 7.11 Å². The van der Waals surface area contributed by atoms with Gasteiger partial charge in [-0.1, -0.05) is 24.3 Å². The number of methoxy groups -OCH3 is 1. The molecule has 3 rings (SSSR count). The third kappa shape index (κ3) is 3.99. The van der Waals surface area contributed by atoms with Crippen molar-refractivity contribution in [2.75, 3.05) is 39.2 Å². The van der Waals surface area contributed by atoms with Gasteiger partial charge in [0.05, 0.1) is 13.5 Å². The zero-order valence-electron chi connectivity index (χ0n) is 15.7. The first-order valence-corrected chi connectivity index (χ1v) is 8.91. The number of nitrogens with two attached hydrogens (primary N) is 1. The van der Waals surface area contributed by atoms with Crippen LogP contribution in [0.25, 0.3) is 0 Å². The lowest BCUT2D eigenvalue weighted by Gasteiger charge is -2.17. The third-order valence-corrected chi connectivity index (χ3v) is 5.05. The summed E-state index contributed by atoms with van der Waals surface area (Å²) in [6.07, 6.45) is 0.408. The molecule has 1 aliphatic rings. The molecule has 0 saturated carbocycles. The van der Waals surface area contributed by atoms with Crippen LogP contribution in [0.4, 0.5) is 5.69 Å². The molecule has 138 valence electrons. The number of rotatable bonds is 5. The monoisotopic (exact) mass is 353 g/mol. The molecular weight excluding hydrogens is 326 g/mol. The van der Waals surface area contributed by atoms with Crippen LogP contribution < -0.4 is 15.4 Å². The maximum Gasteiger partial charge on any atom is 0.227 e. The van der Waals surface area contributed by atoms with Gasteiger partial charge in [0, 0.05) is 44.8 Å². The van der Waals surface area contributed by atoms with Gasteiger partial charge in [-0.05, 0) is 35.4 Å². The van der Waals surface area contributed by atoms with Crippen LogP contribution in [0, 0.1) is 0 Å². The number of ether oxygens (including phenoxy) is 1. The van der Waals surface area contributed by atoms with Gasteiger partial charge in [-0.15, -0.1) is 0 Å². The summed E-state index contributed by atoms with van der Waals surface area (Å²) in [5, 5.41) is 0. The van der Waals surface area contributed by atoms with Gasteiger partial charge < -0.3 is 20.3 Å². The summed E-state index contributed by atoms with van der Waals surface area (Å²) in [4.78, 5) is 16.6. The summed E-state index contributed by atoms with van der Waals surface area (Å²) in [6.45, 7) is 1.25. The average molecular weight is 353 g/mol. The van der Waals surface area contributed by atoms with Crippen LogP contribution in [0.2, 0.25) is 0 Å². The number of likely N-dealkylation sites (tertiary alicyclic amines) is 1. The Morgan fingerprint density at radius 2 is 1.92 bits per heavy atom. The Kier molecular flexibility index (Phi) is 5.47. The first-order chi connectivity index (χ1) is 12.5. The Labute approximate surface area is 155 Å². The fourth-order valence-corrected chi connectivity index (χ4v) is 3.46. The molecule has 5 nitrogen and oxygen atoms in total. The van der Waals surface area contributed by atoms with Gasteiger partial charge in [0.25, 0.3) is 0 Å². The topological polar surface area (TPSA) is 58.8 Å². The fourth-order valence-electron chi connectivity index (χ4n) is 3.46. The Morgan fingerprint density at radius 3 is 2.58 bits per heavy atom. The third-order valence-electron chi connectivity index (χ3n) is 5.05. The van der Waals surface area contributed by atoms with Gasteiger partial charge in [0.15, 0.2) is 0 Å². The minimum absolute atomic E-state index is 0.0535. The lowest BCUT2D eigenvalue weighted by molar-refractivity contribution is -0.129. The van der Waals surface area contributed by atoms with Gasteiger partial charge in [-0.2, -0.15) is 0 Å². The van der Waals surface area contributed by atoms with Crippen LogP contribution in [-0.4, -0.2) is 51.1 Å². The number of nitrogens with zero attached hydrogens (tertiary/aromatic N) is 2. The van der Waals surface area contributed by atoms with E-state index in [2.05, 4.69) is 6.07 Å². The molecule has 2 N–H and O–H groups in total. The van der Waals surface area contributed by atoms with Crippen LogP contribution in [0.15, 0.2) is 48.5 Å². The van der Waals surface area contributed by atoms with Gasteiger partial charge in [0.1, 0.15) is 5.75 Å². The predicted octanol–water partition coefficient (Wildman–Crippen LogP) is 2.26. The fraction of sp³-hybridized carbons (Fsp3) is 0.381. The lowest BCUT2D eigenvalue weighted by atomic mass is 9.95. The standard InChI is InChI=1S/C21H27N3O2/c1-23(2)17-9-7-15(8-10-17)11-21(25)24-13-19(20(22)14-24)16-5-4-6-18(12-16)26-3/h4-10,12,19-20H,11,13-14,22H2,1-3H3/t19-,20+/m1/s1. The van der Waals surface area contributed by atoms with E-state index in [9.17, 15) is 4.79 Å². The number of carbonyl (C=O) groups excluding carboxylic acids is 1. The molecule has 0 bridgehead atoms. The molecule has 1 aliphatic heterocycles. The Bertz CT molecular complexity index is 758. The summed E-state index contributed by atoms with van der Waals surface area (Å²) in [5.74, 6) is 1.09. The van der Waals surface area contributed by atoms with Crippen LogP contribution >= 0.6 is 0 Å². The number of amides is 1. The highest BCUT2D eigenvalue weighted by molar-refractivity contribution is 5.79. The summed E-state index contributed by atoms with van der Waals surface area (Å²) >= 11 is 0. The van der Waals surface area contributed by atoms with Gasteiger partial charge in [0.2, 0.25) is 5.91 Å². The van der Waals surface area contributed by atoms with Crippen LogP contribution in [0.1, 0.15) is 17.0 Å². The molecule has 26 heavy (non-hydrogen) atoms. The van der Waals surface area contributed by atoms with Crippen molar-refractivity contribution in [3.63, 3.8) is 0 Å². The van der Waals surface area contributed by atoms with E-state index in [1.165, 1.54) is 0 Å². The summed E-state index contributed by atoms with van der Waals surface area (Å²) < 4.78 is 5.30. The molecule has 1 saturated heterocycles. The molecule has 0 radical (unpaired) electrons. The van der Waals surface area contributed by atoms with Crippen molar-refractivity contribution in [1.82, 2.24) is 4.90 Å². The first-order valence-electron chi connectivity index (χ1n) is 8.91. The Balaban J connectivity index is 1.65. The second-order valence-corrected chi connectivity index (χ2v) is 7.08. The summed E-state index contributed by atoms with van der Waals surface area (Å²) in [6, 6.07) is 16.0. The maximum atomic E-state index is 12.7. The van der Waals surface area contributed by atoms with Crippen molar-refractivity contribution in [3.8, 4) is 5.75 Å². The summed E-state index contributed by atoms with van der Waals surface area (Å²) in [5.41, 5.74) is 9.62. The molecule has 1 fully saturated rings. The zero-order chi connectivity index (χ0) is 18.7. The highest BCUT2D eigenvalue weighted by atomic mass is 16.5. The van der Waals surface area contributed by atoms with Crippen LogP contribution in [-0.2, 0) is 11.2 Å². The number of carbonyl (C=O) groups is 1. The normalized spacial score (nSPS) is 19.5. The van der Waals surface area contributed by atoms with E-state index in [0.29, 0.717) is 19.5 Å². The van der Waals surface area contributed by atoms with Gasteiger partial charge in [-0.3, -0.25) is 4.79 Å². The highest BCUT2D eigenvalue weighted by Gasteiger charge is 2.33. The zero-order valence-corrected chi connectivity index (χ0v) is 15.7. The number of hydrogen-bond acceptors (Lipinski definition) is 4. The molecule has 5 heteroatoms. The van der Waals surface area contributed by atoms with Crippen molar-refractivity contribution < 1.29 is 9.53 Å². The van der Waals surface area contributed by atoms with Gasteiger partial charge >= 0.3 is 0 Å². The van der Waals surface area contributed by atoms with E-state index in [4.69, 9.17) is 10.5 Å². The minimum Gasteiger partial charge on any atom is -0.497 e. The second-order valence-electron chi connectivity index (χ2n) is 7.08. The predicted molar refractivity (Wildman–Crippen MR) is 105 cm³/mol. The SMILES string of the molecule is COc1cccc([C@H]2CN(C(=O)Cc3ccc(N(C)C)cc3)C[C@@H]2N)c1. The number of benzene rings is 2. The second kappa shape index (κ2) is 7.79. The lowest BCUT2D eigenvalue weighted by Crippen LogP contribution is -2.33. The molecule has 0 spiro atoms. The molecule has 0 aromatic heterocycles. The van der Waals surface area contributed by atoms with Crippen molar-refractivity contribution in [2.45, 2.75) is 18.4 Å². The van der Waals surface area contributed by atoms with Crippen molar-refractivity contribution in [2.24, 2.45) is 5.73 Å². The largest absolute Gasteiger partial charge is 0.497 e. The molecule has 1 heterocycles. The number of hydrogen-bond donors (Lipinski definition) is 1. The van der Waals surface area contributed by atoms with E-state index < -0.39 is 0 Å². The first kappa shape index (κ1) is 18.3.